The van der Waals surface area contributed by atoms with E-state index in [4.69, 9.17) is 15.3 Å². The van der Waals surface area contributed by atoms with Crippen LogP contribution in [0, 0.1) is 15.3 Å². The quantitative estimate of drug-likeness (QED) is 0.132. The second-order valence-corrected chi connectivity index (χ2v) is 6.90. The van der Waals surface area contributed by atoms with E-state index in [-0.39, 0.29) is 39.4 Å². The number of benzene rings is 2. The number of ketones is 2. The Morgan fingerprint density at radius 1 is 0.722 bits per heavy atom. The fraction of sp³-hybridized carbons (Fsp3) is 0.167. The molecule has 0 saturated heterocycles. The van der Waals surface area contributed by atoms with Gasteiger partial charge in [0.2, 0.25) is 0 Å². The number of aromatic nitrogens is 4. The Kier molecular flexibility index (Phi) is 16.4. The third kappa shape index (κ3) is 13.1. The minimum atomic E-state index is -1.75. The predicted octanol–water partition coefficient (Wildman–Crippen LogP) is 3.25. The van der Waals surface area contributed by atoms with E-state index in [9.17, 15) is 9.59 Å². The third-order valence-corrected chi connectivity index (χ3v) is 4.50. The third-order valence-electron chi connectivity index (χ3n) is 4.50. The smallest absolute Gasteiger partial charge is 0.412 e. The van der Waals surface area contributed by atoms with Crippen LogP contribution in [0.4, 0.5) is 0 Å². The van der Waals surface area contributed by atoms with Gasteiger partial charge in [-0.3, -0.25) is 9.59 Å². The Labute approximate surface area is 223 Å². The van der Waals surface area contributed by atoms with Crippen LogP contribution in [-0.2, 0) is 35.5 Å². The molecular formula is C24H26AgN5O6. The van der Waals surface area contributed by atoms with Crippen molar-refractivity contribution in [1.29, 1.82) is 0 Å². The minimum absolute atomic E-state index is 0. The van der Waals surface area contributed by atoms with Crippen molar-refractivity contribution >= 4 is 11.6 Å². The summed E-state index contributed by atoms with van der Waals surface area (Å²) in [6.07, 6.45) is 11.6. The number of hydrogen-bond donors (Lipinski definition) is 0. The molecule has 36 heavy (non-hydrogen) atoms. The summed E-state index contributed by atoms with van der Waals surface area (Å²) >= 11 is 0. The summed E-state index contributed by atoms with van der Waals surface area (Å²) in [6, 6.07) is 18.7. The van der Waals surface area contributed by atoms with Crippen LogP contribution in [0.2, 0.25) is 0 Å². The molecule has 0 aliphatic carbocycles. The Balaban J connectivity index is 0.000000566. The second kappa shape index (κ2) is 18.4. The van der Waals surface area contributed by atoms with Crippen LogP contribution in [0.5, 0.6) is 0 Å². The van der Waals surface area contributed by atoms with Gasteiger partial charge < -0.3 is 29.9 Å². The number of aryl methyl sites for hydroxylation is 2. The first-order chi connectivity index (χ1) is 16.5. The zero-order chi connectivity index (χ0) is 24.6. The van der Waals surface area contributed by atoms with Gasteiger partial charge in [-0.05, 0) is 0 Å². The summed E-state index contributed by atoms with van der Waals surface area (Å²) in [5.41, 5.74) is 1.55. The van der Waals surface area contributed by atoms with Crippen molar-refractivity contribution in [3.8, 4) is 0 Å². The first kappa shape index (κ1) is 32.1. The fourth-order valence-electron chi connectivity index (χ4n) is 2.84. The van der Waals surface area contributed by atoms with Crippen LogP contribution in [0.25, 0.3) is 0 Å². The van der Waals surface area contributed by atoms with E-state index in [0.717, 1.165) is 11.1 Å². The normalized spacial score (nSPS) is 9.11. The molecule has 4 aromatic rings. The summed E-state index contributed by atoms with van der Waals surface area (Å²) in [7, 11) is 0. The summed E-state index contributed by atoms with van der Waals surface area (Å²) in [6.45, 7) is 1.38. The summed E-state index contributed by atoms with van der Waals surface area (Å²) < 4.78 is 3.81. The summed E-state index contributed by atoms with van der Waals surface area (Å²) in [5.74, 6) is 0.341. The Morgan fingerprint density at radius 2 is 1.06 bits per heavy atom. The second-order valence-electron chi connectivity index (χ2n) is 6.90. The molecule has 11 nitrogen and oxygen atoms in total. The van der Waals surface area contributed by atoms with Crippen molar-refractivity contribution in [3.63, 3.8) is 0 Å². The maximum Gasteiger partial charge on any atom is 1.00 e. The van der Waals surface area contributed by atoms with Crippen LogP contribution in [0.3, 0.4) is 0 Å². The largest absolute Gasteiger partial charge is 1.00 e. The van der Waals surface area contributed by atoms with Crippen molar-refractivity contribution < 1.29 is 42.5 Å². The van der Waals surface area contributed by atoms with Gasteiger partial charge in [-0.1, -0.05) is 60.7 Å². The van der Waals surface area contributed by atoms with Crippen LogP contribution < -0.4 is 0 Å². The van der Waals surface area contributed by atoms with Gasteiger partial charge in [-0.2, -0.15) is 0 Å². The van der Waals surface area contributed by atoms with Gasteiger partial charge in [-0.15, -0.1) is 0 Å². The number of hydrogen-bond acceptors (Lipinski definition) is 7. The van der Waals surface area contributed by atoms with Gasteiger partial charge in [0.25, 0.3) is 0 Å². The minimum Gasteiger partial charge on any atom is -0.412 e. The molecule has 2 aromatic carbocycles. The SMILES string of the molecule is O.O=C(CCn1ccnc1)c1ccccc1.O=C(CCn1ccnc1)c1ccccc1.O=[N+]([O-])[O-].[Ag+]. The molecule has 4 rings (SSSR count). The van der Waals surface area contributed by atoms with Gasteiger partial charge in [0.15, 0.2) is 11.6 Å². The van der Waals surface area contributed by atoms with Gasteiger partial charge in [0, 0.05) is 61.8 Å². The molecule has 2 aromatic heterocycles. The van der Waals surface area contributed by atoms with E-state index >= 15 is 0 Å². The van der Waals surface area contributed by atoms with Crippen LogP contribution >= 0.6 is 0 Å². The van der Waals surface area contributed by atoms with E-state index in [0.29, 0.717) is 25.9 Å². The molecule has 0 spiro atoms. The summed E-state index contributed by atoms with van der Waals surface area (Å²) in [5, 5.41) is 14.8. The van der Waals surface area contributed by atoms with Crippen molar-refractivity contribution in [1.82, 2.24) is 19.1 Å². The molecule has 0 unspecified atom stereocenters. The number of imidazole rings is 2. The van der Waals surface area contributed by atoms with Crippen molar-refractivity contribution in [2.45, 2.75) is 25.9 Å². The van der Waals surface area contributed by atoms with Crippen molar-refractivity contribution in [2.24, 2.45) is 0 Å². The van der Waals surface area contributed by atoms with E-state index in [1.807, 2.05) is 82.2 Å². The number of nitrogens with zero attached hydrogens (tertiary/aromatic N) is 5. The van der Waals surface area contributed by atoms with E-state index in [1.54, 1.807) is 25.0 Å². The zero-order valence-corrected chi connectivity index (χ0v) is 20.6. The van der Waals surface area contributed by atoms with Gasteiger partial charge in [-0.25, -0.2) is 9.97 Å². The molecule has 0 radical (unpaired) electrons. The Hall–Kier alpha value is -3.90. The average Bonchev–Trinajstić information content (AvgIpc) is 3.57. The van der Waals surface area contributed by atoms with Gasteiger partial charge >= 0.3 is 22.4 Å². The molecule has 0 atom stereocenters. The molecule has 0 aliphatic heterocycles. The molecule has 0 aliphatic rings. The van der Waals surface area contributed by atoms with Gasteiger partial charge in [0.05, 0.1) is 17.7 Å². The average molecular weight is 588 g/mol. The topological polar surface area (TPSA) is 167 Å². The molecule has 0 amide bonds. The van der Waals surface area contributed by atoms with Crippen LogP contribution in [0.1, 0.15) is 33.6 Å². The van der Waals surface area contributed by atoms with Gasteiger partial charge in [0.1, 0.15) is 0 Å². The Bertz CT molecular complexity index is 1030. The predicted molar refractivity (Wildman–Crippen MR) is 129 cm³/mol. The molecule has 2 heterocycles. The zero-order valence-electron chi connectivity index (χ0n) is 19.1. The number of carbonyl (C=O) groups is 2. The molecule has 194 valence electrons. The number of carbonyl (C=O) groups excluding carboxylic acids is 2. The maximum atomic E-state index is 11.7. The van der Waals surface area contributed by atoms with Crippen LogP contribution in [0.15, 0.2) is 98.1 Å². The first-order valence-corrected chi connectivity index (χ1v) is 10.3. The number of Topliss-reactive ketones (excluding diaryl/α,β-unsaturated/α-hetero) is 2. The Morgan fingerprint density at radius 3 is 1.33 bits per heavy atom. The van der Waals surface area contributed by atoms with E-state index in [1.165, 1.54) is 0 Å². The van der Waals surface area contributed by atoms with Crippen molar-refractivity contribution in [3.05, 3.63) is 125 Å². The van der Waals surface area contributed by atoms with Crippen molar-refractivity contribution in [2.75, 3.05) is 0 Å². The fourth-order valence-corrected chi connectivity index (χ4v) is 2.84. The molecule has 2 N–H and O–H groups in total. The molecule has 0 saturated carbocycles. The monoisotopic (exact) mass is 587 g/mol. The summed E-state index contributed by atoms with van der Waals surface area (Å²) in [4.78, 5) is 39.5. The molecule has 0 bridgehead atoms. The molecule has 12 heteroatoms. The molecular weight excluding hydrogens is 562 g/mol. The van der Waals surface area contributed by atoms with E-state index in [2.05, 4.69) is 9.97 Å². The van der Waals surface area contributed by atoms with Crippen LogP contribution in [-0.4, -0.2) is 41.2 Å². The maximum absolute atomic E-state index is 11.7. The van der Waals surface area contributed by atoms with E-state index < -0.39 is 5.09 Å². The number of rotatable bonds is 8. The molecule has 0 fully saturated rings. The first-order valence-electron chi connectivity index (χ1n) is 10.3. The standard InChI is InChI=1S/2C12H12N2O.Ag.NO3.H2O/c2*15-12(11-4-2-1-3-5-11)6-8-14-9-7-13-10-14;;2-1(3)4;/h2*1-5,7,9-10H,6,8H2;;;1H2/q;;+1;-1;.